The van der Waals surface area contributed by atoms with Crippen LogP contribution in [0.15, 0.2) is 42.5 Å². The standard InChI is InChI=1S/C19H22Cl2N2O3S/c1-4-17(19(24)22-12-14-7-5-6-13(2)10-14)23(27(3,25)26)18-11-15(20)8-9-16(18)21/h5-11,17H,4,12H2,1-3H3,(H,22,24)/t17-/m0/s1. The Kier molecular flexibility index (Phi) is 7.14. The highest BCUT2D eigenvalue weighted by molar-refractivity contribution is 7.92. The van der Waals surface area contributed by atoms with E-state index in [-0.39, 0.29) is 17.1 Å². The Labute approximate surface area is 170 Å². The van der Waals surface area contributed by atoms with Crippen molar-refractivity contribution in [2.45, 2.75) is 32.9 Å². The van der Waals surface area contributed by atoms with Gasteiger partial charge in [0.2, 0.25) is 15.9 Å². The molecule has 0 radical (unpaired) electrons. The lowest BCUT2D eigenvalue weighted by Crippen LogP contribution is -2.49. The van der Waals surface area contributed by atoms with Crippen LogP contribution in [0.25, 0.3) is 0 Å². The molecule has 5 nitrogen and oxygen atoms in total. The summed E-state index contributed by atoms with van der Waals surface area (Å²) < 4.78 is 26.0. The molecule has 2 aromatic rings. The fraction of sp³-hybridized carbons (Fsp3) is 0.316. The van der Waals surface area contributed by atoms with Gasteiger partial charge in [0.15, 0.2) is 0 Å². The van der Waals surface area contributed by atoms with E-state index in [9.17, 15) is 13.2 Å². The topological polar surface area (TPSA) is 66.5 Å². The predicted octanol–water partition coefficient (Wildman–Crippen LogP) is 4.16. The van der Waals surface area contributed by atoms with Gasteiger partial charge in [0.1, 0.15) is 6.04 Å². The van der Waals surface area contributed by atoms with E-state index in [1.165, 1.54) is 12.1 Å². The summed E-state index contributed by atoms with van der Waals surface area (Å²) in [7, 11) is -3.77. The van der Waals surface area contributed by atoms with Gasteiger partial charge in [-0.1, -0.05) is 60.0 Å². The van der Waals surface area contributed by atoms with Crippen LogP contribution in [-0.2, 0) is 21.4 Å². The highest BCUT2D eigenvalue weighted by atomic mass is 35.5. The Hall–Kier alpha value is -1.76. The Morgan fingerprint density at radius 1 is 1.19 bits per heavy atom. The van der Waals surface area contributed by atoms with Crippen molar-refractivity contribution in [1.82, 2.24) is 5.32 Å². The largest absolute Gasteiger partial charge is 0.350 e. The van der Waals surface area contributed by atoms with Crippen molar-refractivity contribution in [2.24, 2.45) is 0 Å². The summed E-state index contributed by atoms with van der Waals surface area (Å²) in [6.45, 7) is 4.01. The molecule has 0 aromatic heterocycles. The number of amides is 1. The van der Waals surface area contributed by atoms with Gasteiger partial charge in [0.05, 0.1) is 17.0 Å². The van der Waals surface area contributed by atoms with Crippen molar-refractivity contribution >= 4 is 44.8 Å². The number of carbonyl (C=O) groups is 1. The third kappa shape index (κ3) is 5.61. The van der Waals surface area contributed by atoms with Crippen molar-refractivity contribution in [1.29, 1.82) is 0 Å². The number of anilines is 1. The number of benzene rings is 2. The SMILES string of the molecule is CC[C@@H](C(=O)NCc1cccc(C)c1)N(c1cc(Cl)ccc1Cl)S(C)(=O)=O. The molecule has 0 heterocycles. The van der Waals surface area contributed by atoms with Crippen LogP contribution in [0.1, 0.15) is 24.5 Å². The molecule has 2 rings (SSSR count). The summed E-state index contributed by atoms with van der Waals surface area (Å²) in [5.41, 5.74) is 2.20. The Balaban J connectivity index is 2.32. The lowest BCUT2D eigenvalue weighted by molar-refractivity contribution is -0.122. The molecule has 0 unspecified atom stereocenters. The Morgan fingerprint density at radius 3 is 2.48 bits per heavy atom. The molecule has 1 N–H and O–H groups in total. The molecule has 2 aromatic carbocycles. The van der Waals surface area contributed by atoms with Crippen LogP contribution in [0.4, 0.5) is 5.69 Å². The monoisotopic (exact) mass is 428 g/mol. The molecule has 0 bridgehead atoms. The van der Waals surface area contributed by atoms with E-state index in [0.717, 1.165) is 21.7 Å². The first-order valence-corrected chi connectivity index (χ1v) is 11.0. The summed E-state index contributed by atoms with van der Waals surface area (Å²) in [6, 6.07) is 11.3. The molecule has 0 fully saturated rings. The second kappa shape index (κ2) is 8.95. The predicted molar refractivity (Wildman–Crippen MR) is 111 cm³/mol. The first kappa shape index (κ1) is 21.5. The van der Waals surface area contributed by atoms with Crippen molar-refractivity contribution in [3.05, 3.63) is 63.6 Å². The van der Waals surface area contributed by atoms with Crippen LogP contribution < -0.4 is 9.62 Å². The first-order valence-electron chi connectivity index (χ1n) is 8.41. The molecule has 0 aliphatic carbocycles. The number of rotatable bonds is 7. The van der Waals surface area contributed by atoms with Gasteiger partial charge in [-0.05, 0) is 37.1 Å². The molecule has 1 atom stereocenters. The zero-order valence-corrected chi connectivity index (χ0v) is 17.7. The second-order valence-electron chi connectivity index (χ2n) is 6.29. The normalized spacial score (nSPS) is 12.5. The number of carbonyl (C=O) groups excluding carboxylic acids is 1. The molecule has 0 aliphatic rings. The number of nitrogens with one attached hydrogen (secondary N) is 1. The van der Waals surface area contributed by atoms with Gasteiger partial charge in [0.25, 0.3) is 0 Å². The zero-order valence-electron chi connectivity index (χ0n) is 15.4. The van der Waals surface area contributed by atoms with E-state index in [1.54, 1.807) is 13.0 Å². The Morgan fingerprint density at radius 2 is 1.89 bits per heavy atom. The van der Waals surface area contributed by atoms with E-state index in [1.807, 2.05) is 31.2 Å². The minimum Gasteiger partial charge on any atom is -0.350 e. The lowest BCUT2D eigenvalue weighted by Gasteiger charge is -2.30. The van der Waals surface area contributed by atoms with E-state index in [2.05, 4.69) is 5.32 Å². The first-order chi connectivity index (χ1) is 12.6. The van der Waals surface area contributed by atoms with Crippen LogP contribution in [-0.4, -0.2) is 26.6 Å². The number of hydrogen-bond acceptors (Lipinski definition) is 3. The summed E-state index contributed by atoms with van der Waals surface area (Å²) in [4.78, 5) is 12.8. The molecule has 27 heavy (non-hydrogen) atoms. The van der Waals surface area contributed by atoms with Crippen LogP contribution in [0.5, 0.6) is 0 Å². The molecule has 0 aliphatic heterocycles. The third-order valence-corrected chi connectivity index (χ3v) is 5.75. The number of halogens is 2. The molecule has 0 spiro atoms. The maximum atomic E-state index is 12.8. The number of sulfonamides is 1. The van der Waals surface area contributed by atoms with Crippen LogP contribution in [0, 0.1) is 6.92 Å². The van der Waals surface area contributed by atoms with Crippen LogP contribution >= 0.6 is 23.2 Å². The molecular formula is C19H22Cl2N2O3S. The van der Waals surface area contributed by atoms with Gasteiger partial charge in [-0.25, -0.2) is 8.42 Å². The van der Waals surface area contributed by atoms with Gasteiger partial charge in [0, 0.05) is 11.6 Å². The molecule has 1 amide bonds. The van der Waals surface area contributed by atoms with E-state index < -0.39 is 22.0 Å². The fourth-order valence-corrected chi connectivity index (χ4v) is 4.46. The van der Waals surface area contributed by atoms with Crippen LogP contribution in [0.2, 0.25) is 10.0 Å². The minimum atomic E-state index is -3.77. The van der Waals surface area contributed by atoms with Crippen LogP contribution in [0.3, 0.4) is 0 Å². The average Bonchev–Trinajstić information content (AvgIpc) is 2.59. The minimum absolute atomic E-state index is 0.184. The number of aryl methyl sites for hydroxylation is 1. The maximum Gasteiger partial charge on any atom is 0.244 e. The van der Waals surface area contributed by atoms with E-state index >= 15 is 0 Å². The quantitative estimate of drug-likeness (QED) is 0.719. The molecular weight excluding hydrogens is 407 g/mol. The summed E-state index contributed by atoms with van der Waals surface area (Å²) in [5.74, 6) is -0.402. The summed E-state index contributed by atoms with van der Waals surface area (Å²) >= 11 is 12.2. The Bertz CT molecular complexity index is 932. The van der Waals surface area contributed by atoms with Crippen molar-refractivity contribution < 1.29 is 13.2 Å². The highest BCUT2D eigenvalue weighted by Gasteiger charge is 2.32. The van der Waals surface area contributed by atoms with Gasteiger partial charge < -0.3 is 5.32 Å². The lowest BCUT2D eigenvalue weighted by atomic mass is 10.1. The fourth-order valence-electron chi connectivity index (χ4n) is 2.82. The van der Waals surface area contributed by atoms with Gasteiger partial charge in [-0.15, -0.1) is 0 Å². The average molecular weight is 429 g/mol. The zero-order chi connectivity index (χ0) is 20.2. The third-order valence-electron chi connectivity index (χ3n) is 4.02. The van der Waals surface area contributed by atoms with Crippen molar-refractivity contribution in [3.63, 3.8) is 0 Å². The molecule has 0 saturated carbocycles. The van der Waals surface area contributed by atoms with Gasteiger partial charge in [-0.3, -0.25) is 9.10 Å². The molecule has 146 valence electrons. The molecule has 8 heteroatoms. The smallest absolute Gasteiger partial charge is 0.244 e. The van der Waals surface area contributed by atoms with Gasteiger partial charge >= 0.3 is 0 Å². The summed E-state index contributed by atoms with van der Waals surface area (Å²) in [6.07, 6.45) is 1.32. The van der Waals surface area contributed by atoms with Crippen molar-refractivity contribution in [3.8, 4) is 0 Å². The maximum absolute atomic E-state index is 12.8. The number of hydrogen-bond donors (Lipinski definition) is 1. The van der Waals surface area contributed by atoms with Gasteiger partial charge in [-0.2, -0.15) is 0 Å². The summed E-state index contributed by atoms with van der Waals surface area (Å²) in [5, 5.41) is 3.35. The molecule has 0 saturated heterocycles. The highest BCUT2D eigenvalue weighted by Crippen LogP contribution is 2.32. The van der Waals surface area contributed by atoms with E-state index in [0.29, 0.717) is 11.6 Å². The number of nitrogens with zero attached hydrogens (tertiary/aromatic N) is 1. The second-order valence-corrected chi connectivity index (χ2v) is 8.99. The van der Waals surface area contributed by atoms with E-state index in [4.69, 9.17) is 23.2 Å². The van der Waals surface area contributed by atoms with Crippen molar-refractivity contribution in [2.75, 3.05) is 10.6 Å².